The van der Waals surface area contributed by atoms with E-state index < -0.39 is 0 Å². The molecule has 5 nitrogen and oxygen atoms in total. The Balaban J connectivity index is 1.35. The summed E-state index contributed by atoms with van der Waals surface area (Å²) in [5.41, 5.74) is 1.32. The smallest absolute Gasteiger partial charge is 0.229 e. The summed E-state index contributed by atoms with van der Waals surface area (Å²) in [6.45, 7) is 2.56. The summed E-state index contributed by atoms with van der Waals surface area (Å²) in [6, 6.07) is 8.38. The lowest BCUT2D eigenvalue weighted by Crippen LogP contribution is -2.27. The van der Waals surface area contributed by atoms with Gasteiger partial charge in [-0.15, -0.1) is 0 Å². The highest BCUT2D eigenvalue weighted by Crippen LogP contribution is 2.38. The van der Waals surface area contributed by atoms with Crippen LogP contribution in [-0.4, -0.2) is 35.2 Å². The molecule has 1 aromatic heterocycles. The molecule has 0 N–H and O–H groups in total. The zero-order valence-electron chi connectivity index (χ0n) is 13.6. The summed E-state index contributed by atoms with van der Waals surface area (Å²) in [5.74, 6) is 3.80. The molecular weight excluding hydrogens is 290 g/mol. The highest BCUT2D eigenvalue weighted by atomic mass is 16.5. The Labute approximate surface area is 136 Å². The van der Waals surface area contributed by atoms with E-state index in [4.69, 9.17) is 9.26 Å². The molecule has 23 heavy (non-hydrogen) atoms. The van der Waals surface area contributed by atoms with Crippen LogP contribution in [0.15, 0.2) is 28.8 Å². The van der Waals surface area contributed by atoms with Crippen molar-refractivity contribution in [1.29, 1.82) is 0 Å². The molecule has 0 bridgehead atoms. The first-order chi connectivity index (χ1) is 11.3. The van der Waals surface area contributed by atoms with E-state index in [1.54, 1.807) is 0 Å². The fourth-order valence-corrected chi connectivity index (χ4v) is 3.29. The molecule has 4 rings (SSSR count). The molecule has 1 aliphatic carbocycles. The van der Waals surface area contributed by atoms with Crippen molar-refractivity contribution in [2.75, 3.05) is 20.2 Å². The molecule has 1 atom stereocenters. The van der Waals surface area contributed by atoms with E-state index in [1.165, 1.54) is 18.4 Å². The fraction of sp³-hybridized carbons (Fsp3) is 0.556. The van der Waals surface area contributed by atoms with Gasteiger partial charge >= 0.3 is 0 Å². The fourth-order valence-electron chi connectivity index (χ4n) is 3.29. The maximum Gasteiger partial charge on any atom is 0.229 e. The molecule has 0 spiro atoms. The lowest BCUT2D eigenvalue weighted by Gasteiger charge is -2.21. The van der Waals surface area contributed by atoms with Gasteiger partial charge in [0.25, 0.3) is 0 Å². The number of para-hydroxylation sites is 1. The van der Waals surface area contributed by atoms with Crippen molar-refractivity contribution in [3.63, 3.8) is 0 Å². The van der Waals surface area contributed by atoms with Gasteiger partial charge in [-0.3, -0.25) is 4.90 Å². The van der Waals surface area contributed by atoms with Crippen LogP contribution in [0.25, 0.3) is 0 Å². The Bertz CT molecular complexity index is 666. The Kier molecular flexibility index (Phi) is 4.04. The van der Waals surface area contributed by atoms with Crippen molar-refractivity contribution in [2.45, 2.75) is 38.1 Å². The van der Waals surface area contributed by atoms with Crippen LogP contribution in [0.3, 0.4) is 0 Å². The van der Waals surface area contributed by atoms with Gasteiger partial charge in [0.2, 0.25) is 5.89 Å². The number of fused-ring (bicyclic) bond motifs is 1. The first-order valence-electron chi connectivity index (χ1n) is 8.49. The maximum absolute atomic E-state index is 5.86. The quantitative estimate of drug-likeness (QED) is 0.849. The first-order valence-corrected chi connectivity index (χ1v) is 8.49. The van der Waals surface area contributed by atoms with Crippen LogP contribution < -0.4 is 4.74 Å². The minimum absolute atomic E-state index is 0.525. The zero-order chi connectivity index (χ0) is 15.6. The van der Waals surface area contributed by atoms with Crippen molar-refractivity contribution in [3.8, 4) is 5.75 Å². The van der Waals surface area contributed by atoms with Gasteiger partial charge in [-0.1, -0.05) is 23.4 Å². The van der Waals surface area contributed by atoms with Crippen LogP contribution >= 0.6 is 0 Å². The average Bonchev–Trinajstić information content (AvgIpc) is 3.32. The number of ether oxygens (including phenoxy) is 1. The first kappa shape index (κ1) is 14.7. The van der Waals surface area contributed by atoms with Gasteiger partial charge in [0.05, 0.1) is 13.2 Å². The van der Waals surface area contributed by atoms with Crippen molar-refractivity contribution in [1.82, 2.24) is 15.0 Å². The van der Waals surface area contributed by atoms with Gasteiger partial charge in [0.15, 0.2) is 5.82 Å². The van der Waals surface area contributed by atoms with Gasteiger partial charge < -0.3 is 9.26 Å². The number of nitrogens with zero attached hydrogens (tertiary/aromatic N) is 3. The van der Waals surface area contributed by atoms with Crippen LogP contribution in [0.1, 0.15) is 42.5 Å². The van der Waals surface area contributed by atoms with Gasteiger partial charge in [-0.05, 0) is 50.3 Å². The molecule has 1 fully saturated rings. The zero-order valence-corrected chi connectivity index (χ0v) is 13.6. The Morgan fingerprint density at radius 2 is 2.09 bits per heavy atom. The Morgan fingerprint density at radius 3 is 2.96 bits per heavy atom. The summed E-state index contributed by atoms with van der Waals surface area (Å²) >= 11 is 0. The van der Waals surface area contributed by atoms with Crippen LogP contribution in [-0.2, 0) is 13.0 Å². The number of benzene rings is 1. The van der Waals surface area contributed by atoms with E-state index in [-0.39, 0.29) is 0 Å². The normalized spacial score (nSPS) is 20.9. The third kappa shape index (κ3) is 3.55. The summed E-state index contributed by atoms with van der Waals surface area (Å²) in [4.78, 5) is 6.81. The topological polar surface area (TPSA) is 51.4 Å². The molecule has 2 heterocycles. The monoisotopic (exact) mass is 313 g/mol. The molecule has 2 aromatic rings. The van der Waals surface area contributed by atoms with E-state index in [0.29, 0.717) is 11.8 Å². The van der Waals surface area contributed by atoms with Gasteiger partial charge in [0, 0.05) is 12.5 Å². The van der Waals surface area contributed by atoms with Crippen molar-refractivity contribution in [2.24, 2.45) is 5.92 Å². The molecule has 1 aliphatic heterocycles. The molecule has 0 saturated heterocycles. The lowest BCUT2D eigenvalue weighted by molar-refractivity contribution is 0.229. The predicted molar refractivity (Wildman–Crippen MR) is 86.4 cm³/mol. The van der Waals surface area contributed by atoms with Crippen molar-refractivity contribution < 1.29 is 9.26 Å². The largest absolute Gasteiger partial charge is 0.493 e. The van der Waals surface area contributed by atoms with Crippen molar-refractivity contribution in [3.05, 3.63) is 41.5 Å². The van der Waals surface area contributed by atoms with E-state index in [1.807, 2.05) is 6.07 Å². The van der Waals surface area contributed by atoms with E-state index in [0.717, 1.165) is 50.0 Å². The van der Waals surface area contributed by atoms with E-state index >= 15 is 0 Å². The second-order valence-electron chi connectivity index (χ2n) is 6.83. The van der Waals surface area contributed by atoms with Crippen LogP contribution in [0, 0.1) is 5.92 Å². The predicted octanol–water partition coefficient (Wildman–Crippen LogP) is 3.02. The molecule has 2 aliphatic rings. The highest BCUT2D eigenvalue weighted by Gasteiger charge is 2.29. The maximum atomic E-state index is 5.86. The molecule has 122 valence electrons. The summed E-state index contributed by atoms with van der Waals surface area (Å²) in [6.07, 6.45) is 4.54. The minimum atomic E-state index is 0.525. The molecule has 0 unspecified atom stereocenters. The molecular formula is C18H23N3O2. The minimum Gasteiger partial charge on any atom is -0.493 e. The number of aromatic nitrogens is 2. The van der Waals surface area contributed by atoms with Gasteiger partial charge in [0.1, 0.15) is 5.75 Å². The number of rotatable bonds is 5. The van der Waals surface area contributed by atoms with E-state index in [9.17, 15) is 0 Å². The van der Waals surface area contributed by atoms with Crippen LogP contribution in [0.2, 0.25) is 0 Å². The number of hydrogen-bond donors (Lipinski definition) is 0. The highest BCUT2D eigenvalue weighted by molar-refractivity contribution is 5.34. The van der Waals surface area contributed by atoms with Gasteiger partial charge in [-0.2, -0.15) is 4.98 Å². The van der Waals surface area contributed by atoms with Crippen molar-refractivity contribution >= 4 is 0 Å². The second kappa shape index (κ2) is 6.32. The molecule has 1 aromatic carbocycles. The summed E-state index contributed by atoms with van der Waals surface area (Å²) < 4.78 is 11.2. The second-order valence-corrected chi connectivity index (χ2v) is 6.83. The summed E-state index contributed by atoms with van der Waals surface area (Å²) in [5, 5.41) is 4.11. The summed E-state index contributed by atoms with van der Waals surface area (Å²) in [7, 11) is 2.13. The third-order valence-corrected chi connectivity index (χ3v) is 4.66. The standard InChI is InChI=1S/C18H23N3O2/c1-21(12-17-19-18(23-20-17)14-6-7-14)11-13-8-9-22-16-5-3-2-4-15(16)10-13/h2-5,13-14H,6-12H2,1H3/t13-/m0/s1. The number of hydrogen-bond acceptors (Lipinski definition) is 5. The average molecular weight is 313 g/mol. The lowest BCUT2D eigenvalue weighted by atomic mass is 9.96. The Hall–Kier alpha value is -1.88. The molecule has 1 saturated carbocycles. The van der Waals surface area contributed by atoms with E-state index in [2.05, 4.69) is 40.3 Å². The van der Waals surface area contributed by atoms with Gasteiger partial charge in [-0.25, -0.2) is 0 Å². The Morgan fingerprint density at radius 1 is 1.22 bits per heavy atom. The molecule has 5 heteroatoms. The van der Waals surface area contributed by atoms with Crippen LogP contribution in [0.4, 0.5) is 0 Å². The molecule has 0 radical (unpaired) electrons. The van der Waals surface area contributed by atoms with Crippen LogP contribution in [0.5, 0.6) is 5.75 Å². The SMILES string of the molecule is CN(Cc1noc(C2CC2)n1)C[C@H]1CCOc2ccccc2C1. The third-order valence-electron chi connectivity index (χ3n) is 4.66. The molecule has 0 amide bonds.